The van der Waals surface area contributed by atoms with E-state index in [-0.39, 0.29) is 5.78 Å². The maximum absolute atomic E-state index is 12.6. The lowest BCUT2D eigenvalue weighted by atomic mass is 9.96. The molecular formula is C15H15NO3S. The molecule has 5 heteroatoms. The normalized spacial score (nSPS) is 17.8. The van der Waals surface area contributed by atoms with Gasteiger partial charge in [-0.1, -0.05) is 0 Å². The molecule has 1 N–H and O–H groups in total. The predicted molar refractivity (Wildman–Crippen MR) is 76.5 cm³/mol. The van der Waals surface area contributed by atoms with Crippen LogP contribution in [0.4, 0.5) is 0 Å². The van der Waals surface area contributed by atoms with Crippen molar-refractivity contribution < 1.29 is 14.7 Å². The monoisotopic (exact) mass is 289 g/mol. The number of fused-ring (bicyclic) bond motifs is 1. The molecule has 104 valence electrons. The minimum atomic E-state index is -0.807. The molecule has 0 bridgehead atoms. The zero-order chi connectivity index (χ0) is 14.3. The number of aliphatic carboxylic acids is 1. The Bertz CT molecular complexity index is 670. The van der Waals surface area contributed by atoms with Gasteiger partial charge in [-0.05, 0) is 42.8 Å². The fraction of sp³-hybridized carbons (Fsp3) is 0.333. The first-order valence-electron chi connectivity index (χ1n) is 6.59. The van der Waals surface area contributed by atoms with Gasteiger partial charge in [-0.25, -0.2) is 0 Å². The molecule has 0 spiro atoms. The number of aromatic nitrogens is 1. The molecule has 2 aromatic heterocycles. The van der Waals surface area contributed by atoms with Gasteiger partial charge in [0.05, 0.1) is 11.6 Å². The molecule has 3 rings (SSSR count). The first-order valence-corrected chi connectivity index (χ1v) is 7.53. The van der Waals surface area contributed by atoms with Crippen LogP contribution < -0.4 is 0 Å². The molecule has 2 aromatic rings. The van der Waals surface area contributed by atoms with Crippen molar-refractivity contribution in [3.8, 4) is 0 Å². The molecule has 0 saturated carbocycles. The van der Waals surface area contributed by atoms with Crippen molar-refractivity contribution in [1.29, 1.82) is 0 Å². The number of hydrogen-bond donors (Lipinski definition) is 1. The standard InChI is InChI=1S/C15H15NO3S/c1-9-7-12-11(15(18)19)3-2-5-16(12)13(9)14(17)10-4-6-20-8-10/h4,6-8,11H,2-3,5H2,1H3,(H,18,19). The number of carboxylic acids is 1. The van der Waals surface area contributed by atoms with E-state index in [9.17, 15) is 14.7 Å². The van der Waals surface area contributed by atoms with Crippen molar-refractivity contribution in [2.24, 2.45) is 0 Å². The zero-order valence-corrected chi connectivity index (χ0v) is 11.9. The Morgan fingerprint density at radius 3 is 2.90 bits per heavy atom. The highest BCUT2D eigenvalue weighted by Gasteiger charge is 2.31. The molecule has 0 radical (unpaired) electrons. The summed E-state index contributed by atoms with van der Waals surface area (Å²) in [4.78, 5) is 23.9. The van der Waals surface area contributed by atoms with Crippen LogP contribution in [0, 0.1) is 6.92 Å². The lowest BCUT2D eigenvalue weighted by Gasteiger charge is -2.23. The van der Waals surface area contributed by atoms with Gasteiger partial charge in [0.2, 0.25) is 5.78 Å². The number of nitrogens with zero attached hydrogens (tertiary/aromatic N) is 1. The Balaban J connectivity index is 2.10. The fourth-order valence-corrected chi connectivity index (χ4v) is 3.56. The molecule has 4 nitrogen and oxygen atoms in total. The molecule has 1 atom stereocenters. The smallest absolute Gasteiger partial charge is 0.312 e. The summed E-state index contributed by atoms with van der Waals surface area (Å²) in [6.45, 7) is 2.60. The third-order valence-electron chi connectivity index (χ3n) is 3.85. The Kier molecular flexibility index (Phi) is 3.22. The van der Waals surface area contributed by atoms with Gasteiger partial charge in [0.25, 0.3) is 0 Å². The molecule has 1 unspecified atom stereocenters. The number of hydrogen-bond acceptors (Lipinski definition) is 3. The van der Waals surface area contributed by atoms with Crippen LogP contribution in [0.2, 0.25) is 0 Å². The topological polar surface area (TPSA) is 59.3 Å². The molecule has 1 aliphatic rings. The van der Waals surface area contributed by atoms with E-state index < -0.39 is 11.9 Å². The third-order valence-corrected chi connectivity index (χ3v) is 4.53. The van der Waals surface area contributed by atoms with Crippen molar-refractivity contribution in [2.45, 2.75) is 32.2 Å². The van der Waals surface area contributed by atoms with E-state index in [1.165, 1.54) is 11.3 Å². The average Bonchev–Trinajstić information content (AvgIpc) is 3.03. The quantitative estimate of drug-likeness (QED) is 0.883. The molecular weight excluding hydrogens is 274 g/mol. The van der Waals surface area contributed by atoms with Gasteiger partial charge in [-0.15, -0.1) is 0 Å². The summed E-state index contributed by atoms with van der Waals surface area (Å²) in [7, 11) is 0. The van der Waals surface area contributed by atoms with E-state index in [0.717, 1.165) is 24.2 Å². The molecule has 1 aliphatic heterocycles. The van der Waals surface area contributed by atoms with Crippen LogP contribution >= 0.6 is 11.3 Å². The van der Waals surface area contributed by atoms with Crippen LogP contribution in [-0.2, 0) is 11.3 Å². The van der Waals surface area contributed by atoms with Crippen LogP contribution in [0.15, 0.2) is 22.9 Å². The summed E-state index contributed by atoms with van der Waals surface area (Å²) < 4.78 is 1.90. The van der Waals surface area contributed by atoms with Crippen LogP contribution in [0.25, 0.3) is 0 Å². The Labute approximate surface area is 120 Å². The summed E-state index contributed by atoms with van der Waals surface area (Å²) in [5.41, 5.74) is 2.95. The van der Waals surface area contributed by atoms with Crippen molar-refractivity contribution in [3.05, 3.63) is 45.4 Å². The highest BCUT2D eigenvalue weighted by Crippen LogP contribution is 2.32. The maximum Gasteiger partial charge on any atom is 0.312 e. The van der Waals surface area contributed by atoms with E-state index in [4.69, 9.17) is 0 Å². The molecule has 20 heavy (non-hydrogen) atoms. The van der Waals surface area contributed by atoms with Gasteiger partial charge in [0.15, 0.2) is 0 Å². The summed E-state index contributed by atoms with van der Waals surface area (Å²) in [5, 5.41) is 13.0. The molecule has 0 fully saturated rings. The Morgan fingerprint density at radius 1 is 1.45 bits per heavy atom. The fourth-order valence-electron chi connectivity index (χ4n) is 2.92. The molecule has 3 heterocycles. The highest BCUT2D eigenvalue weighted by atomic mass is 32.1. The number of carbonyl (C=O) groups excluding carboxylic acids is 1. The van der Waals surface area contributed by atoms with Crippen molar-refractivity contribution >= 4 is 23.1 Å². The van der Waals surface area contributed by atoms with Crippen LogP contribution in [0.1, 0.15) is 46.1 Å². The molecule has 0 aliphatic carbocycles. The highest BCUT2D eigenvalue weighted by molar-refractivity contribution is 7.08. The number of rotatable bonds is 3. The number of carboxylic acid groups (broad SMARTS) is 1. The van der Waals surface area contributed by atoms with E-state index in [0.29, 0.717) is 17.7 Å². The first kappa shape index (κ1) is 13.1. The van der Waals surface area contributed by atoms with Crippen molar-refractivity contribution in [2.75, 3.05) is 0 Å². The second kappa shape index (κ2) is 4.90. The van der Waals surface area contributed by atoms with Gasteiger partial charge >= 0.3 is 5.97 Å². The summed E-state index contributed by atoms with van der Waals surface area (Å²) in [5.74, 6) is -1.31. The largest absolute Gasteiger partial charge is 0.481 e. The summed E-state index contributed by atoms with van der Waals surface area (Å²) in [6, 6.07) is 3.67. The maximum atomic E-state index is 12.6. The summed E-state index contributed by atoms with van der Waals surface area (Å²) in [6.07, 6.45) is 1.44. The van der Waals surface area contributed by atoms with Gasteiger partial charge in [-0.3, -0.25) is 9.59 Å². The van der Waals surface area contributed by atoms with Gasteiger partial charge in [-0.2, -0.15) is 11.3 Å². The zero-order valence-electron chi connectivity index (χ0n) is 11.1. The van der Waals surface area contributed by atoms with E-state index in [2.05, 4.69) is 0 Å². The van der Waals surface area contributed by atoms with E-state index in [1.807, 2.05) is 34.4 Å². The average molecular weight is 289 g/mol. The SMILES string of the molecule is Cc1cc2n(c1C(=O)c1ccsc1)CCCC2C(=O)O. The Hall–Kier alpha value is -1.88. The number of ketones is 1. The third kappa shape index (κ3) is 1.98. The summed E-state index contributed by atoms with van der Waals surface area (Å²) >= 11 is 1.49. The van der Waals surface area contributed by atoms with Crippen LogP contribution in [-0.4, -0.2) is 21.4 Å². The van der Waals surface area contributed by atoms with Gasteiger partial charge in [0.1, 0.15) is 0 Å². The molecule has 0 aromatic carbocycles. The minimum absolute atomic E-state index is 0.0129. The van der Waals surface area contributed by atoms with Crippen molar-refractivity contribution in [3.63, 3.8) is 0 Å². The van der Waals surface area contributed by atoms with Crippen LogP contribution in [0.3, 0.4) is 0 Å². The number of aryl methyl sites for hydroxylation is 1. The second-order valence-electron chi connectivity index (χ2n) is 5.13. The van der Waals surface area contributed by atoms with Crippen LogP contribution in [0.5, 0.6) is 0 Å². The molecule has 0 amide bonds. The second-order valence-corrected chi connectivity index (χ2v) is 5.91. The lowest BCUT2D eigenvalue weighted by molar-refractivity contribution is -0.139. The predicted octanol–water partition coefficient (Wildman–Crippen LogP) is 3.05. The van der Waals surface area contributed by atoms with Gasteiger partial charge in [0, 0.05) is 23.2 Å². The first-order chi connectivity index (χ1) is 9.59. The number of carbonyl (C=O) groups is 2. The van der Waals surface area contributed by atoms with Crippen molar-refractivity contribution in [1.82, 2.24) is 4.57 Å². The molecule has 0 saturated heterocycles. The Morgan fingerprint density at radius 2 is 2.25 bits per heavy atom. The number of thiophene rings is 1. The van der Waals surface area contributed by atoms with Gasteiger partial charge < -0.3 is 9.67 Å². The minimum Gasteiger partial charge on any atom is -0.481 e. The lowest BCUT2D eigenvalue weighted by Crippen LogP contribution is -2.23. The van der Waals surface area contributed by atoms with E-state index in [1.54, 1.807) is 0 Å². The van der Waals surface area contributed by atoms with E-state index >= 15 is 0 Å².